The van der Waals surface area contributed by atoms with E-state index in [-0.39, 0.29) is 4.90 Å². The van der Waals surface area contributed by atoms with Gasteiger partial charge in [-0.15, -0.1) is 0 Å². The first kappa shape index (κ1) is 16.2. The van der Waals surface area contributed by atoms with Crippen molar-refractivity contribution >= 4 is 32.8 Å². The van der Waals surface area contributed by atoms with Gasteiger partial charge in [-0.25, -0.2) is 23.5 Å². The summed E-state index contributed by atoms with van der Waals surface area (Å²) in [5.74, 6) is 0.354. The van der Waals surface area contributed by atoms with E-state index in [0.29, 0.717) is 17.3 Å². The normalized spacial score (nSPS) is 11.6. The Balaban J connectivity index is 1.73. The third kappa shape index (κ3) is 3.13. The molecular weight excluding hydrogens is 352 g/mol. The van der Waals surface area contributed by atoms with Gasteiger partial charge in [-0.3, -0.25) is 0 Å². The summed E-state index contributed by atoms with van der Waals surface area (Å²) >= 11 is 0. The molecule has 0 amide bonds. The van der Waals surface area contributed by atoms with Crippen LogP contribution in [0.3, 0.4) is 0 Å². The van der Waals surface area contributed by atoms with Crippen LogP contribution in [0.1, 0.15) is 0 Å². The van der Waals surface area contributed by atoms with E-state index in [0.717, 1.165) is 16.8 Å². The minimum absolute atomic E-state index is 0.0386. The van der Waals surface area contributed by atoms with Crippen LogP contribution >= 0.6 is 0 Å². The monoisotopic (exact) mass is 366 g/mol. The fourth-order valence-electron chi connectivity index (χ4n) is 2.55. The number of nitrogens with zero attached hydrogens (tertiary/aromatic N) is 3. The summed E-state index contributed by atoms with van der Waals surface area (Å²) in [5, 5.41) is 8.17. The maximum atomic E-state index is 11.3. The summed E-state index contributed by atoms with van der Waals surface area (Å²) in [6.07, 6.45) is 1.57. The average Bonchev–Trinajstić information content (AvgIpc) is 3.10. The van der Waals surface area contributed by atoms with Crippen LogP contribution in [0.5, 0.6) is 0 Å². The molecule has 4 rings (SSSR count). The molecule has 2 aromatic carbocycles. The standard InChI is InChI=1S/C17H14N6O2S/c18-26(24,25)13-8-6-12(7-9-13)21-17-22-14(11-4-2-1-3-5-11)15-16(23-17)20-10-19-15/h1-10H,(H2,18,24,25)(H2,19,20,21,22,23). The number of nitrogens with one attached hydrogen (secondary N) is 2. The highest BCUT2D eigenvalue weighted by Gasteiger charge is 2.12. The minimum atomic E-state index is -3.73. The van der Waals surface area contributed by atoms with Crippen molar-refractivity contribution in [3.05, 3.63) is 60.9 Å². The van der Waals surface area contributed by atoms with Crippen LogP contribution in [-0.2, 0) is 10.0 Å². The zero-order valence-electron chi connectivity index (χ0n) is 13.4. The van der Waals surface area contributed by atoms with Gasteiger partial charge >= 0.3 is 0 Å². The number of aromatic nitrogens is 4. The van der Waals surface area contributed by atoms with Gasteiger partial charge in [-0.2, -0.15) is 4.98 Å². The molecule has 4 aromatic rings. The van der Waals surface area contributed by atoms with Gasteiger partial charge in [0.1, 0.15) is 11.2 Å². The first-order chi connectivity index (χ1) is 12.5. The van der Waals surface area contributed by atoms with Crippen molar-refractivity contribution in [2.24, 2.45) is 5.14 Å². The Morgan fingerprint density at radius 1 is 0.962 bits per heavy atom. The van der Waals surface area contributed by atoms with Crippen molar-refractivity contribution in [3.8, 4) is 11.3 Å². The molecule has 0 spiro atoms. The number of anilines is 2. The Morgan fingerprint density at radius 2 is 1.69 bits per heavy atom. The number of primary sulfonamides is 1. The summed E-state index contributed by atoms with van der Waals surface area (Å²) in [6.45, 7) is 0. The molecule has 0 atom stereocenters. The van der Waals surface area contributed by atoms with Gasteiger partial charge in [-0.05, 0) is 24.3 Å². The highest BCUT2D eigenvalue weighted by Crippen LogP contribution is 2.26. The molecule has 0 aliphatic heterocycles. The minimum Gasteiger partial charge on any atom is -0.341 e. The van der Waals surface area contributed by atoms with Crippen LogP contribution in [0, 0.1) is 0 Å². The lowest BCUT2D eigenvalue weighted by Gasteiger charge is -2.08. The maximum Gasteiger partial charge on any atom is 0.238 e. The van der Waals surface area contributed by atoms with Crippen LogP contribution < -0.4 is 10.5 Å². The Bertz CT molecular complexity index is 1170. The number of H-pyrrole nitrogens is 1. The predicted molar refractivity (Wildman–Crippen MR) is 98.2 cm³/mol. The topological polar surface area (TPSA) is 127 Å². The van der Waals surface area contributed by atoms with Crippen LogP contribution in [0.4, 0.5) is 11.6 Å². The first-order valence-corrected chi connectivity index (χ1v) is 9.22. The number of hydrogen-bond acceptors (Lipinski definition) is 6. The van der Waals surface area contributed by atoms with E-state index in [1.807, 2.05) is 30.3 Å². The largest absolute Gasteiger partial charge is 0.341 e. The smallest absolute Gasteiger partial charge is 0.238 e. The molecule has 0 saturated heterocycles. The second-order valence-electron chi connectivity index (χ2n) is 5.56. The molecule has 130 valence electrons. The molecule has 2 heterocycles. The number of sulfonamides is 1. The number of nitrogens with two attached hydrogens (primary N) is 1. The maximum absolute atomic E-state index is 11.3. The quantitative estimate of drug-likeness (QED) is 0.509. The van der Waals surface area contributed by atoms with Crippen molar-refractivity contribution in [3.63, 3.8) is 0 Å². The second-order valence-corrected chi connectivity index (χ2v) is 7.12. The van der Waals surface area contributed by atoms with Gasteiger partial charge in [0.15, 0.2) is 5.65 Å². The zero-order valence-corrected chi connectivity index (χ0v) is 14.2. The molecule has 8 nitrogen and oxygen atoms in total. The molecule has 0 aliphatic carbocycles. The van der Waals surface area contributed by atoms with E-state index in [2.05, 4.69) is 25.3 Å². The van der Waals surface area contributed by atoms with Crippen molar-refractivity contribution < 1.29 is 8.42 Å². The van der Waals surface area contributed by atoms with Crippen LogP contribution in [0.25, 0.3) is 22.4 Å². The molecule has 4 N–H and O–H groups in total. The third-order valence-electron chi connectivity index (χ3n) is 3.77. The molecule has 0 saturated carbocycles. The lowest BCUT2D eigenvalue weighted by molar-refractivity contribution is 0.598. The first-order valence-electron chi connectivity index (χ1n) is 7.67. The number of rotatable bonds is 4. The van der Waals surface area contributed by atoms with E-state index >= 15 is 0 Å². The van der Waals surface area contributed by atoms with E-state index in [9.17, 15) is 8.42 Å². The molecule has 0 bridgehead atoms. The van der Waals surface area contributed by atoms with E-state index in [1.54, 1.807) is 18.5 Å². The zero-order chi connectivity index (χ0) is 18.1. The Hall–Kier alpha value is -3.30. The van der Waals surface area contributed by atoms with Crippen molar-refractivity contribution in [2.75, 3.05) is 5.32 Å². The molecule has 26 heavy (non-hydrogen) atoms. The van der Waals surface area contributed by atoms with Crippen molar-refractivity contribution in [1.82, 2.24) is 19.9 Å². The summed E-state index contributed by atoms with van der Waals surface area (Å²) in [4.78, 5) is 16.3. The summed E-state index contributed by atoms with van der Waals surface area (Å²) in [5.41, 5.74) is 3.55. The summed E-state index contributed by atoms with van der Waals surface area (Å²) in [7, 11) is -3.73. The molecule has 0 fully saturated rings. The van der Waals surface area contributed by atoms with Gasteiger partial charge in [0, 0.05) is 11.3 Å². The van der Waals surface area contributed by atoms with Gasteiger partial charge in [0.25, 0.3) is 0 Å². The fourth-order valence-corrected chi connectivity index (χ4v) is 3.07. The van der Waals surface area contributed by atoms with Crippen LogP contribution in [0.2, 0.25) is 0 Å². The molecule has 9 heteroatoms. The highest BCUT2D eigenvalue weighted by atomic mass is 32.2. The number of imidazole rings is 1. The summed E-state index contributed by atoms with van der Waals surface area (Å²) < 4.78 is 22.7. The molecular formula is C17H14N6O2S. The molecule has 2 aromatic heterocycles. The van der Waals surface area contributed by atoms with Crippen LogP contribution in [0.15, 0.2) is 65.8 Å². The van der Waals surface area contributed by atoms with Crippen LogP contribution in [-0.4, -0.2) is 28.4 Å². The summed E-state index contributed by atoms with van der Waals surface area (Å²) in [6, 6.07) is 15.7. The predicted octanol–water partition coefficient (Wildman–Crippen LogP) is 2.41. The van der Waals surface area contributed by atoms with Gasteiger partial charge in [-0.1, -0.05) is 30.3 Å². The number of hydrogen-bond donors (Lipinski definition) is 3. The Kier molecular flexibility index (Phi) is 3.86. The lowest BCUT2D eigenvalue weighted by Crippen LogP contribution is -2.11. The highest BCUT2D eigenvalue weighted by molar-refractivity contribution is 7.89. The SMILES string of the molecule is NS(=O)(=O)c1ccc(Nc2nc(-c3ccccc3)c3[nH]cnc3n2)cc1. The molecule has 0 radical (unpaired) electrons. The number of aromatic amines is 1. The van der Waals surface area contributed by atoms with Gasteiger partial charge in [0.05, 0.1) is 11.2 Å². The van der Waals surface area contributed by atoms with Crippen molar-refractivity contribution in [1.29, 1.82) is 0 Å². The molecule has 0 unspecified atom stereocenters. The van der Waals surface area contributed by atoms with E-state index in [4.69, 9.17) is 5.14 Å². The van der Waals surface area contributed by atoms with Crippen molar-refractivity contribution in [2.45, 2.75) is 4.90 Å². The van der Waals surface area contributed by atoms with E-state index < -0.39 is 10.0 Å². The number of fused-ring (bicyclic) bond motifs is 1. The number of benzene rings is 2. The molecule has 0 aliphatic rings. The Labute approximate surface area is 149 Å². The van der Waals surface area contributed by atoms with Gasteiger partial charge in [0.2, 0.25) is 16.0 Å². The third-order valence-corrected chi connectivity index (χ3v) is 4.70. The van der Waals surface area contributed by atoms with Gasteiger partial charge < -0.3 is 10.3 Å². The fraction of sp³-hybridized carbons (Fsp3) is 0. The average molecular weight is 366 g/mol. The Morgan fingerprint density at radius 3 is 2.38 bits per heavy atom. The lowest BCUT2D eigenvalue weighted by atomic mass is 10.1. The second kappa shape index (κ2) is 6.21. The van der Waals surface area contributed by atoms with E-state index in [1.165, 1.54) is 12.1 Å².